The van der Waals surface area contributed by atoms with Crippen molar-refractivity contribution in [1.82, 2.24) is 9.80 Å². The number of hydrogen-bond donors (Lipinski definition) is 1. The molecule has 1 aliphatic heterocycles. The van der Waals surface area contributed by atoms with Crippen molar-refractivity contribution >= 4 is 5.91 Å². The quantitative estimate of drug-likeness (QED) is 0.836. The average Bonchev–Trinajstić information content (AvgIpc) is 2.94. The molecule has 0 bridgehead atoms. The summed E-state index contributed by atoms with van der Waals surface area (Å²) in [5, 5.41) is 0. The fourth-order valence-corrected chi connectivity index (χ4v) is 4.06. The van der Waals surface area contributed by atoms with Crippen LogP contribution in [0.5, 0.6) is 0 Å². The molecule has 0 radical (unpaired) electrons. The molecular formula is C16H31N3O. The highest BCUT2D eigenvalue weighted by atomic mass is 16.2. The van der Waals surface area contributed by atoms with Crippen molar-refractivity contribution < 1.29 is 4.79 Å². The number of likely N-dealkylation sites (tertiary alicyclic amines) is 1. The van der Waals surface area contributed by atoms with E-state index in [9.17, 15) is 4.79 Å². The lowest BCUT2D eigenvalue weighted by molar-refractivity contribution is -0.142. The molecule has 4 nitrogen and oxygen atoms in total. The van der Waals surface area contributed by atoms with Gasteiger partial charge in [0.15, 0.2) is 0 Å². The van der Waals surface area contributed by atoms with Crippen LogP contribution in [0.3, 0.4) is 0 Å². The summed E-state index contributed by atoms with van der Waals surface area (Å²) in [6.07, 6.45) is 8.01. The van der Waals surface area contributed by atoms with Crippen LogP contribution in [0.4, 0.5) is 0 Å². The molecule has 0 spiro atoms. The Hall–Kier alpha value is -0.610. The maximum atomic E-state index is 12.9. The SMILES string of the molecule is CCN1CCCC1CN(C)C(=O)C1(CN)CCCCC1. The number of likely N-dealkylation sites (N-methyl/N-ethyl adjacent to an activating group) is 2. The standard InChI is InChI=1S/C16H31N3O/c1-3-19-11-7-8-14(19)12-18(2)15(20)16(13-17)9-5-4-6-10-16/h14H,3-13,17H2,1-2H3. The van der Waals surface area contributed by atoms with E-state index in [1.54, 1.807) is 0 Å². The molecule has 1 amide bonds. The van der Waals surface area contributed by atoms with Crippen molar-refractivity contribution in [2.75, 3.05) is 33.2 Å². The third-order valence-corrected chi connectivity index (χ3v) is 5.39. The monoisotopic (exact) mass is 281 g/mol. The van der Waals surface area contributed by atoms with Gasteiger partial charge in [-0.05, 0) is 38.8 Å². The van der Waals surface area contributed by atoms with Gasteiger partial charge in [0.2, 0.25) is 5.91 Å². The summed E-state index contributed by atoms with van der Waals surface area (Å²) >= 11 is 0. The molecule has 1 heterocycles. The van der Waals surface area contributed by atoms with E-state index in [4.69, 9.17) is 5.73 Å². The van der Waals surface area contributed by atoms with E-state index in [0.717, 1.165) is 38.8 Å². The average molecular weight is 281 g/mol. The van der Waals surface area contributed by atoms with Crippen molar-refractivity contribution in [3.8, 4) is 0 Å². The fourth-order valence-electron chi connectivity index (χ4n) is 4.06. The second-order valence-corrected chi connectivity index (χ2v) is 6.66. The Morgan fingerprint density at radius 3 is 2.60 bits per heavy atom. The lowest BCUT2D eigenvalue weighted by Crippen LogP contribution is -2.50. The molecule has 1 saturated heterocycles. The summed E-state index contributed by atoms with van der Waals surface area (Å²) in [4.78, 5) is 17.3. The maximum Gasteiger partial charge on any atom is 0.229 e. The van der Waals surface area contributed by atoms with Crippen LogP contribution >= 0.6 is 0 Å². The minimum absolute atomic E-state index is 0.261. The first-order valence-corrected chi connectivity index (χ1v) is 8.32. The summed E-state index contributed by atoms with van der Waals surface area (Å²) in [5.41, 5.74) is 5.72. The number of hydrogen-bond acceptors (Lipinski definition) is 3. The van der Waals surface area contributed by atoms with E-state index in [1.807, 2.05) is 11.9 Å². The summed E-state index contributed by atoms with van der Waals surface area (Å²) in [6.45, 7) is 5.87. The first-order valence-electron chi connectivity index (χ1n) is 8.32. The van der Waals surface area contributed by atoms with Crippen molar-refractivity contribution in [3.05, 3.63) is 0 Å². The predicted octanol–water partition coefficient (Wildman–Crippen LogP) is 1.84. The molecule has 116 valence electrons. The molecule has 2 fully saturated rings. The summed E-state index contributed by atoms with van der Waals surface area (Å²) in [6, 6.07) is 0.548. The Balaban J connectivity index is 1.96. The van der Waals surface area contributed by atoms with Crippen molar-refractivity contribution in [2.24, 2.45) is 11.1 Å². The second kappa shape index (κ2) is 6.90. The molecule has 1 unspecified atom stereocenters. The van der Waals surface area contributed by atoms with Crippen LogP contribution in [0.15, 0.2) is 0 Å². The highest BCUT2D eigenvalue weighted by Gasteiger charge is 2.40. The van der Waals surface area contributed by atoms with Crippen LogP contribution in [0, 0.1) is 5.41 Å². The van der Waals surface area contributed by atoms with Crippen molar-refractivity contribution in [1.29, 1.82) is 0 Å². The normalized spacial score (nSPS) is 26.6. The fraction of sp³-hybridized carbons (Fsp3) is 0.938. The summed E-state index contributed by atoms with van der Waals surface area (Å²) in [5.74, 6) is 0.294. The topological polar surface area (TPSA) is 49.6 Å². The second-order valence-electron chi connectivity index (χ2n) is 6.66. The van der Waals surface area contributed by atoms with Crippen LogP contribution in [0.1, 0.15) is 51.9 Å². The number of carbonyl (C=O) groups is 1. The van der Waals surface area contributed by atoms with Gasteiger partial charge < -0.3 is 10.6 Å². The van der Waals surface area contributed by atoms with Gasteiger partial charge in [0.25, 0.3) is 0 Å². The number of carbonyl (C=O) groups excluding carboxylic acids is 1. The lowest BCUT2D eigenvalue weighted by atomic mass is 9.73. The molecule has 0 aromatic heterocycles. The Bertz CT molecular complexity index is 326. The third kappa shape index (κ3) is 3.17. The Morgan fingerprint density at radius 2 is 2.00 bits per heavy atom. The number of nitrogens with zero attached hydrogens (tertiary/aromatic N) is 2. The zero-order valence-corrected chi connectivity index (χ0v) is 13.2. The van der Waals surface area contributed by atoms with E-state index >= 15 is 0 Å². The zero-order valence-electron chi connectivity index (χ0n) is 13.2. The molecule has 1 saturated carbocycles. The Kier molecular flexibility index (Phi) is 5.44. The molecule has 4 heteroatoms. The zero-order chi connectivity index (χ0) is 14.6. The van der Waals surface area contributed by atoms with Crippen molar-refractivity contribution in [3.63, 3.8) is 0 Å². The molecule has 1 atom stereocenters. The highest BCUT2D eigenvalue weighted by Crippen LogP contribution is 2.37. The van der Waals surface area contributed by atoms with Gasteiger partial charge >= 0.3 is 0 Å². The molecular weight excluding hydrogens is 250 g/mol. The van der Waals surface area contributed by atoms with Gasteiger partial charge in [-0.2, -0.15) is 0 Å². The van der Waals surface area contributed by atoms with Gasteiger partial charge in [-0.3, -0.25) is 9.69 Å². The van der Waals surface area contributed by atoms with E-state index < -0.39 is 0 Å². The Labute approximate surface area is 123 Å². The molecule has 2 aliphatic rings. The first kappa shape index (κ1) is 15.8. The minimum atomic E-state index is -0.261. The predicted molar refractivity (Wildman–Crippen MR) is 82.5 cm³/mol. The maximum absolute atomic E-state index is 12.9. The van der Waals surface area contributed by atoms with E-state index in [0.29, 0.717) is 18.5 Å². The van der Waals surface area contributed by atoms with Crippen LogP contribution < -0.4 is 5.73 Å². The van der Waals surface area contributed by atoms with Gasteiger partial charge in [-0.1, -0.05) is 26.2 Å². The molecule has 0 aromatic rings. The number of rotatable bonds is 5. The molecule has 2 N–H and O–H groups in total. The van der Waals surface area contributed by atoms with E-state index in [-0.39, 0.29) is 5.41 Å². The Morgan fingerprint density at radius 1 is 1.30 bits per heavy atom. The first-order chi connectivity index (χ1) is 9.63. The van der Waals surface area contributed by atoms with Gasteiger partial charge in [0.05, 0.1) is 5.41 Å². The lowest BCUT2D eigenvalue weighted by Gasteiger charge is -2.39. The number of nitrogens with two attached hydrogens (primary N) is 1. The molecule has 0 aromatic carbocycles. The van der Waals surface area contributed by atoms with Crippen molar-refractivity contribution in [2.45, 2.75) is 57.9 Å². The van der Waals surface area contributed by atoms with E-state index in [1.165, 1.54) is 25.8 Å². The van der Waals surface area contributed by atoms with Crippen LogP contribution in [-0.4, -0.2) is 55.0 Å². The van der Waals surface area contributed by atoms with E-state index in [2.05, 4.69) is 11.8 Å². The van der Waals surface area contributed by atoms with Gasteiger partial charge in [0, 0.05) is 26.2 Å². The van der Waals surface area contributed by atoms with Gasteiger partial charge in [-0.25, -0.2) is 0 Å². The third-order valence-electron chi connectivity index (χ3n) is 5.39. The summed E-state index contributed by atoms with van der Waals surface area (Å²) < 4.78 is 0. The molecule has 20 heavy (non-hydrogen) atoms. The van der Waals surface area contributed by atoms with Gasteiger partial charge in [0.1, 0.15) is 0 Å². The van der Waals surface area contributed by atoms with Crippen LogP contribution in [-0.2, 0) is 4.79 Å². The smallest absolute Gasteiger partial charge is 0.229 e. The molecule has 2 rings (SSSR count). The largest absolute Gasteiger partial charge is 0.344 e. The van der Waals surface area contributed by atoms with Crippen LogP contribution in [0.25, 0.3) is 0 Å². The minimum Gasteiger partial charge on any atom is -0.344 e. The summed E-state index contributed by atoms with van der Waals surface area (Å²) in [7, 11) is 1.97. The molecule has 1 aliphatic carbocycles. The number of amides is 1. The van der Waals surface area contributed by atoms with Crippen LogP contribution in [0.2, 0.25) is 0 Å². The van der Waals surface area contributed by atoms with Gasteiger partial charge in [-0.15, -0.1) is 0 Å². The highest BCUT2D eigenvalue weighted by molar-refractivity contribution is 5.83.